The summed E-state index contributed by atoms with van der Waals surface area (Å²) in [7, 11) is 0. The van der Waals surface area contributed by atoms with Gasteiger partial charge in [0.15, 0.2) is 0 Å². The SMILES string of the molecule is CCN(Cc1cccs1)c1ccc(CBr)cc1C#N. The Morgan fingerprint density at radius 2 is 2.21 bits per heavy atom. The molecule has 1 aromatic carbocycles. The van der Waals surface area contributed by atoms with Crippen LogP contribution in [0.4, 0.5) is 5.69 Å². The van der Waals surface area contributed by atoms with Crippen molar-refractivity contribution in [2.24, 2.45) is 0 Å². The molecule has 4 heteroatoms. The second-order valence-electron chi connectivity index (χ2n) is 4.19. The van der Waals surface area contributed by atoms with E-state index in [0.717, 1.165) is 35.2 Å². The summed E-state index contributed by atoms with van der Waals surface area (Å²) in [6.45, 7) is 3.86. The summed E-state index contributed by atoms with van der Waals surface area (Å²) in [4.78, 5) is 3.55. The first-order valence-corrected chi connectivity index (χ1v) is 8.15. The Morgan fingerprint density at radius 1 is 1.37 bits per heavy atom. The maximum absolute atomic E-state index is 9.32. The Hall–Kier alpha value is -1.31. The molecule has 19 heavy (non-hydrogen) atoms. The highest BCUT2D eigenvalue weighted by molar-refractivity contribution is 9.08. The van der Waals surface area contributed by atoms with Crippen LogP contribution < -0.4 is 4.90 Å². The van der Waals surface area contributed by atoms with Gasteiger partial charge in [0.25, 0.3) is 0 Å². The number of nitriles is 1. The number of nitrogens with zero attached hydrogens (tertiary/aromatic N) is 2. The molecule has 2 rings (SSSR count). The third-order valence-electron chi connectivity index (χ3n) is 2.98. The van der Waals surface area contributed by atoms with Crippen molar-refractivity contribution in [3.05, 3.63) is 51.7 Å². The quantitative estimate of drug-likeness (QED) is 0.750. The van der Waals surface area contributed by atoms with Gasteiger partial charge in [-0.15, -0.1) is 11.3 Å². The van der Waals surface area contributed by atoms with Crippen LogP contribution in [0.25, 0.3) is 0 Å². The van der Waals surface area contributed by atoms with Crippen LogP contribution in [0.1, 0.15) is 22.9 Å². The smallest absolute Gasteiger partial charge is 0.101 e. The number of benzene rings is 1. The molecule has 0 unspecified atom stereocenters. The Labute approximate surface area is 126 Å². The van der Waals surface area contributed by atoms with Gasteiger partial charge in [-0.25, -0.2) is 0 Å². The highest BCUT2D eigenvalue weighted by Crippen LogP contribution is 2.25. The summed E-state index contributed by atoms with van der Waals surface area (Å²) in [5, 5.41) is 12.2. The average Bonchev–Trinajstić information content (AvgIpc) is 2.97. The molecule has 0 aliphatic carbocycles. The molecule has 1 heterocycles. The number of halogens is 1. The van der Waals surface area contributed by atoms with Gasteiger partial charge in [-0.2, -0.15) is 5.26 Å². The highest BCUT2D eigenvalue weighted by Gasteiger charge is 2.11. The summed E-state index contributed by atoms with van der Waals surface area (Å²) in [5.41, 5.74) is 2.89. The van der Waals surface area contributed by atoms with E-state index < -0.39 is 0 Å². The Balaban J connectivity index is 2.30. The van der Waals surface area contributed by atoms with Crippen molar-refractivity contribution in [3.8, 4) is 6.07 Å². The molecule has 2 nitrogen and oxygen atoms in total. The van der Waals surface area contributed by atoms with Crippen LogP contribution in [-0.4, -0.2) is 6.54 Å². The van der Waals surface area contributed by atoms with Crippen molar-refractivity contribution >= 4 is 33.0 Å². The molecule has 0 saturated carbocycles. The number of hydrogen-bond donors (Lipinski definition) is 0. The minimum absolute atomic E-state index is 0.746. The van der Waals surface area contributed by atoms with E-state index in [1.807, 2.05) is 12.1 Å². The van der Waals surface area contributed by atoms with Gasteiger partial charge in [0.2, 0.25) is 0 Å². The maximum Gasteiger partial charge on any atom is 0.101 e. The van der Waals surface area contributed by atoms with Crippen molar-refractivity contribution in [1.29, 1.82) is 5.26 Å². The summed E-state index contributed by atoms with van der Waals surface area (Å²) in [6.07, 6.45) is 0. The predicted octanol–water partition coefficient (Wildman–Crippen LogP) is 4.54. The third-order valence-corrected chi connectivity index (χ3v) is 4.49. The van der Waals surface area contributed by atoms with Crippen molar-refractivity contribution < 1.29 is 0 Å². The van der Waals surface area contributed by atoms with Crippen LogP contribution in [0, 0.1) is 11.3 Å². The lowest BCUT2D eigenvalue weighted by molar-refractivity contribution is 0.840. The number of thiophene rings is 1. The molecule has 0 fully saturated rings. The van der Waals surface area contributed by atoms with Gasteiger partial charge >= 0.3 is 0 Å². The minimum Gasteiger partial charge on any atom is -0.366 e. The second-order valence-corrected chi connectivity index (χ2v) is 5.78. The van der Waals surface area contributed by atoms with Crippen molar-refractivity contribution in [2.45, 2.75) is 18.8 Å². The summed E-state index contributed by atoms with van der Waals surface area (Å²) < 4.78 is 0. The molecule has 0 atom stereocenters. The van der Waals surface area contributed by atoms with E-state index in [2.05, 4.69) is 57.4 Å². The first-order valence-electron chi connectivity index (χ1n) is 6.14. The normalized spacial score (nSPS) is 10.2. The topological polar surface area (TPSA) is 27.0 Å². The zero-order valence-electron chi connectivity index (χ0n) is 10.8. The Kier molecular flexibility index (Phi) is 5.00. The predicted molar refractivity (Wildman–Crippen MR) is 84.8 cm³/mol. The molecular formula is C15H15BrN2S. The average molecular weight is 335 g/mol. The fourth-order valence-electron chi connectivity index (χ4n) is 1.99. The first kappa shape index (κ1) is 14.1. The van der Waals surface area contributed by atoms with Gasteiger partial charge in [0.1, 0.15) is 6.07 Å². The third kappa shape index (κ3) is 3.37. The molecule has 98 valence electrons. The monoisotopic (exact) mass is 334 g/mol. The molecule has 0 amide bonds. The number of alkyl halides is 1. The molecule has 2 aromatic rings. The number of anilines is 1. The van der Waals surface area contributed by atoms with Crippen LogP contribution >= 0.6 is 27.3 Å². The lowest BCUT2D eigenvalue weighted by Crippen LogP contribution is -2.22. The summed E-state index contributed by atoms with van der Waals surface area (Å²) >= 11 is 5.18. The number of rotatable bonds is 5. The van der Waals surface area contributed by atoms with E-state index in [4.69, 9.17) is 0 Å². The second kappa shape index (κ2) is 6.74. The summed E-state index contributed by atoms with van der Waals surface area (Å²) in [5.74, 6) is 0. The zero-order chi connectivity index (χ0) is 13.7. The van der Waals surface area contributed by atoms with E-state index in [1.54, 1.807) is 11.3 Å². The van der Waals surface area contributed by atoms with Crippen LogP contribution in [-0.2, 0) is 11.9 Å². The van der Waals surface area contributed by atoms with Gasteiger partial charge in [-0.1, -0.05) is 28.1 Å². The van der Waals surface area contributed by atoms with Crippen LogP contribution in [0.2, 0.25) is 0 Å². The van der Waals surface area contributed by atoms with Crippen LogP contribution in [0.3, 0.4) is 0 Å². The molecule has 0 spiro atoms. The van der Waals surface area contributed by atoms with Crippen molar-refractivity contribution in [2.75, 3.05) is 11.4 Å². The number of hydrogen-bond acceptors (Lipinski definition) is 3. The maximum atomic E-state index is 9.32. The van der Waals surface area contributed by atoms with Crippen molar-refractivity contribution in [3.63, 3.8) is 0 Å². The van der Waals surface area contributed by atoms with Gasteiger partial charge < -0.3 is 4.90 Å². The molecule has 0 radical (unpaired) electrons. The first-order chi connectivity index (χ1) is 9.28. The molecule has 1 aromatic heterocycles. The molecular weight excluding hydrogens is 320 g/mol. The van der Waals surface area contributed by atoms with Gasteiger partial charge in [-0.05, 0) is 36.1 Å². The minimum atomic E-state index is 0.746. The van der Waals surface area contributed by atoms with Gasteiger partial charge in [0, 0.05) is 16.8 Å². The van der Waals surface area contributed by atoms with E-state index in [1.165, 1.54) is 4.88 Å². The lowest BCUT2D eigenvalue weighted by Gasteiger charge is -2.23. The standard InChI is InChI=1S/C15H15BrN2S/c1-2-18(11-14-4-3-7-19-14)15-6-5-12(9-16)8-13(15)10-17/h3-8H,2,9,11H2,1H3. The molecule has 0 saturated heterocycles. The fourth-order valence-corrected chi connectivity index (χ4v) is 3.06. The lowest BCUT2D eigenvalue weighted by atomic mass is 10.1. The largest absolute Gasteiger partial charge is 0.366 e. The molecule has 0 aliphatic heterocycles. The van der Waals surface area contributed by atoms with E-state index in [0.29, 0.717) is 0 Å². The van der Waals surface area contributed by atoms with Gasteiger partial charge in [0.05, 0.1) is 17.8 Å². The van der Waals surface area contributed by atoms with Crippen LogP contribution in [0.15, 0.2) is 35.7 Å². The zero-order valence-corrected chi connectivity index (χ0v) is 13.2. The Morgan fingerprint density at radius 3 is 2.79 bits per heavy atom. The molecule has 0 bridgehead atoms. The highest BCUT2D eigenvalue weighted by atomic mass is 79.9. The van der Waals surface area contributed by atoms with E-state index >= 15 is 0 Å². The van der Waals surface area contributed by atoms with Gasteiger partial charge in [-0.3, -0.25) is 0 Å². The molecule has 0 N–H and O–H groups in total. The molecule has 0 aliphatic rings. The fraction of sp³-hybridized carbons (Fsp3) is 0.267. The Bertz CT molecular complexity index is 572. The van der Waals surface area contributed by atoms with Crippen molar-refractivity contribution in [1.82, 2.24) is 0 Å². The summed E-state index contributed by atoms with van der Waals surface area (Å²) in [6, 6.07) is 12.6. The van der Waals surface area contributed by atoms with Crippen LogP contribution in [0.5, 0.6) is 0 Å². The van der Waals surface area contributed by atoms with E-state index in [9.17, 15) is 5.26 Å². The van der Waals surface area contributed by atoms with E-state index in [-0.39, 0.29) is 0 Å².